The number of anilines is 1. The van der Waals surface area contributed by atoms with Gasteiger partial charge in [0, 0.05) is 40.9 Å². The number of hydrogen-bond acceptors (Lipinski definition) is 6. The molecule has 7 nitrogen and oxygen atoms in total. The lowest BCUT2D eigenvalue weighted by Gasteiger charge is -2.35. The normalized spacial score (nSPS) is 18.2. The van der Waals surface area contributed by atoms with Crippen molar-refractivity contribution in [2.24, 2.45) is 0 Å². The molecule has 188 valence electrons. The third-order valence-corrected chi connectivity index (χ3v) is 7.53. The van der Waals surface area contributed by atoms with E-state index in [1.807, 2.05) is 31.3 Å². The van der Waals surface area contributed by atoms with E-state index in [1.54, 1.807) is 6.20 Å². The standard InChI is InChI=1S/C30H32N6O/c1-2-24(37)12-13-32-23-16-22(17-23)30-35-27(28-29(31)33-14-15-36(28)30)21-9-8-20-10-11-25(34-26(20)18-21)19-6-4-3-5-7-19/h3-11,14-15,18,22-24,32,37H,2,12-13,16-17H2,1H3,(H2,31,33). The maximum Gasteiger partial charge on any atom is 0.150 e. The monoisotopic (exact) mass is 492 g/mol. The van der Waals surface area contributed by atoms with E-state index in [0.29, 0.717) is 17.8 Å². The van der Waals surface area contributed by atoms with E-state index in [0.717, 1.165) is 77.0 Å². The van der Waals surface area contributed by atoms with Crippen LogP contribution < -0.4 is 11.1 Å². The molecular weight excluding hydrogens is 460 g/mol. The highest BCUT2D eigenvalue weighted by Gasteiger charge is 2.34. The Bertz CT molecular complexity index is 1540. The van der Waals surface area contributed by atoms with Crippen molar-refractivity contribution in [2.75, 3.05) is 12.3 Å². The Labute approximate surface area is 216 Å². The molecule has 7 heteroatoms. The number of nitrogens with zero attached hydrogens (tertiary/aromatic N) is 4. The molecule has 2 aromatic carbocycles. The van der Waals surface area contributed by atoms with Crippen LogP contribution in [0.5, 0.6) is 0 Å². The maximum absolute atomic E-state index is 9.81. The summed E-state index contributed by atoms with van der Waals surface area (Å²) in [7, 11) is 0. The molecule has 0 aliphatic heterocycles. The van der Waals surface area contributed by atoms with E-state index in [9.17, 15) is 5.11 Å². The van der Waals surface area contributed by atoms with E-state index >= 15 is 0 Å². The molecule has 3 aromatic heterocycles. The molecule has 0 amide bonds. The summed E-state index contributed by atoms with van der Waals surface area (Å²) in [5.74, 6) is 1.85. The first-order valence-corrected chi connectivity index (χ1v) is 13.1. The van der Waals surface area contributed by atoms with Gasteiger partial charge in [-0.1, -0.05) is 55.5 Å². The molecule has 0 radical (unpaired) electrons. The minimum atomic E-state index is -0.224. The maximum atomic E-state index is 9.81. The molecule has 4 N–H and O–H groups in total. The average Bonchev–Trinajstić information content (AvgIpc) is 3.30. The quantitative estimate of drug-likeness (QED) is 0.276. The molecule has 1 atom stereocenters. The fourth-order valence-corrected chi connectivity index (χ4v) is 5.26. The van der Waals surface area contributed by atoms with Gasteiger partial charge < -0.3 is 16.2 Å². The lowest BCUT2D eigenvalue weighted by molar-refractivity contribution is 0.154. The van der Waals surface area contributed by atoms with Crippen LogP contribution >= 0.6 is 0 Å². The Balaban J connectivity index is 1.31. The highest BCUT2D eigenvalue weighted by molar-refractivity contribution is 5.91. The van der Waals surface area contributed by atoms with Crippen molar-refractivity contribution in [3.63, 3.8) is 0 Å². The van der Waals surface area contributed by atoms with E-state index < -0.39 is 0 Å². The lowest BCUT2D eigenvalue weighted by atomic mass is 9.79. The van der Waals surface area contributed by atoms with Crippen LogP contribution in [0, 0.1) is 0 Å². The Morgan fingerprint density at radius 3 is 2.68 bits per heavy atom. The molecule has 37 heavy (non-hydrogen) atoms. The third-order valence-electron chi connectivity index (χ3n) is 7.53. The number of hydrogen-bond donors (Lipinski definition) is 3. The summed E-state index contributed by atoms with van der Waals surface area (Å²) in [5, 5.41) is 14.5. The van der Waals surface area contributed by atoms with Gasteiger partial charge in [-0.3, -0.25) is 4.40 Å². The second kappa shape index (κ2) is 9.92. The second-order valence-corrected chi connectivity index (χ2v) is 9.99. The van der Waals surface area contributed by atoms with Gasteiger partial charge in [0.1, 0.15) is 22.9 Å². The third kappa shape index (κ3) is 4.56. The van der Waals surface area contributed by atoms with Crippen molar-refractivity contribution in [1.29, 1.82) is 0 Å². The summed E-state index contributed by atoms with van der Waals surface area (Å²) >= 11 is 0. The summed E-state index contributed by atoms with van der Waals surface area (Å²) in [4.78, 5) is 14.5. The molecule has 1 saturated carbocycles. The van der Waals surface area contributed by atoms with Gasteiger partial charge in [0.15, 0.2) is 0 Å². The molecule has 1 fully saturated rings. The molecule has 3 heterocycles. The zero-order valence-corrected chi connectivity index (χ0v) is 21.0. The second-order valence-electron chi connectivity index (χ2n) is 9.99. The van der Waals surface area contributed by atoms with Crippen molar-refractivity contribution in [2.45, 2.75) is 50.7 Å². The summed E-state index contributed by atoms with van der Waals surface area (Å²) in [6.45, 7) is 2.85. The van der Waals surface area contributed by atoms with Crippen LogP contribution in [0.3, 0.4) is 0 Å². The highest BCUT2D eigenvalue weighted by atomic mass is 16.3. The molecule has 1 aliphatic carbocycles. The lowest BCUT2D eigenvalue weighted by Crippen LogP contribution is -2.41. The van der Waals surface area contributed by atoms with Crippen LogP contribution in [0.4, 0.5) is 5.82 Å². The Hall–Kier alpha value is -3.81. The molecule has 5 aromatic rings. The van der Waals surface area contributed by atoms with Gasteiger partial charge in [-0.15, -0.1) is 0 Å². The van der Waals surface area contributed by atoms with Crippen molar-refractivity contribution < 1.29 is 5.11 Å². The van der Waals surface area contributed by atoms with E-state index in [4.69, 9.17) is 15.7 Å². The minimum Gasteiger partial charge on any atom is -0.393 e. The van der Waals surface area contributed by atoms with E-state index in [2.05, 4.69) is 57.2 Å². The van der Waals surface area contributed by atoms with Gasteiger partial charge in [0.2, 0.25) is 0 Å². The van der Waals surface area contributed by atoms with Crippen molar-refractivity contribution in [3.8, 4) is 22.5 Å². The Morgan fingerprint density at radius 1 is 1.05 bits per heavy atom. The first kappa shape index (κ1) is 23.6. The summed E-state index contributed by atoms with van der Waals surface area (Å²) in [5.41, 5.74) is 12.0. The number of nitrogen functional groups attached to an aromatic ring is 1. The fourth-order valence-electron chi connectivity index (χ4n) is 5.26. The average molecular weight is 493 g/mol. The van der Waals surface area contributed by atoms with E-state index in [1.165, 1.54) is 0 Å². The molecule has 1 unspecified atom stereocenters. The van der Waals surface area contributed by atoms with Crippen molar-refractivity contribution in [3.05, 3.63) is 78.9 Å². The van der Waals surface area contributed by atoms with E-state index in [-0.39, 0.29) is 6.10 Å². The van der Waals surface area contributed by atoms with Gasteiger partial charge in [-0.05, 0) is 44.4 Å². The van der Waals surface area contributed by atoms with Crippen LogP contribution in [0.15, 0.2) is 73.1 Å². The summed E-state index contributed by atoms with van der Waals surface area (Å²) in [6.07, 6.45) is 7.10. The number of aromatic nitrogens is 4. The largest absolute Gasteiger partial charge is 0.393 e. The van der Waals surface area contributed by atoms with Gasteiger partial charge in [0.25, 0.3) is 0 Å². The van der Waals surface area contributed by atoms with Gasteiger partial charge in [-0.25, -0.2) is 15.0 Å². The van der Waals surface area contributed by atoms with Gasteiger partial charge >= 0.3 is 0 Å². The van der Waals surface area contributed by atoms with Crippen LogP contribution in [-0.4, -0.2) is 43.1 Å². The first-order valence-electron chi connectivity index (χ1n) is 13.1. The number of imidazole rings is 1. The molecule has 0 saturated heterocycles. The number of benzene rings is 2. The molecule has 6 rings (SSSR count). The van der Waals surface area contributed by atoms with Crippen molar-refractivity contribution >= 4 is 22.2 Å². The fraction of sp³-hybridized carbons (Fsp3) is 0.300. The molecule has 0 spiro atoms. The molecular formula is C30H32N6O. The molecule has 0 bridgehead atoms. The smallest absolute Gasteiger partial charge is 0.150 e. The number of rotatable bonds is 8. The zero-order valence-electron chi connectivity index (χ0n) is 21.0. The van der Waals surface area contributed by atoms with Gasteiger partial charge in [0.05, 0.1) is 17.3 Å². The highest BCUT2D eigenvalue weighted by Crippen LogP contribution is 2.40. The molecule has 1 aliphatic rings. The number of nitrogens with two attached hydrogens (primary N) is 1. The summed E-state index contributed by atoms with van der Waals surface area (Å²) < 4.78 is 2.11. The Kier molecular flexibility index (Phi) is 6.32. The SMILES string of the molecule is CCC(O)CCNC1CC(c2nc(-c3ccc4ccc(-c5ccccc5)nc4c3)c3c(N)nccn23)C1. The number of nitrogens with one attached hydrogen (secondary N) is 1. The number of aliphatic hydroxyl groups excluding tert-OH is 1. The van der Waals surface area contributed by atoms with Gasteiger partial charge in [-0.2, -0.15) is 0 Å². The van der Waals surface area contributed by atoms with Crippen LogP contribution in [0.1, 0.15) is 44.3 Å². The van der Waals surface area contributed by atoms with Crippen LogP contribution in [0.25, 0.3) is 38.9 Å². The zero-order chi connectivity index (χ0) is 25.4. The minimum absolute atomic E-state index is 0.224. The topological polar surface area (TPSA) is 101 Å². The number of aliphatic hydroxyl groups is 1. The summed E-state index contributed by atoms with van der Waals surface area (Å²) in [6, 6.07) is 21.1. The van der Waals surface area contributed by atoms with Crippen LogP contribution in [-0.2, 0) is 0 Å². The predicted octanol–water partition coefficient (Wildman–Crippen LogP) is 5.19. The van der Waals surface area contributed by atoms with Crippen LogP contribution in [0.2, 0.25) is 0 Å². The van der Waals surface area contributed by atoms with Crippen molar-refractivity contribution in [1.82, 2.24) is 24.7 Å². The Morgan fingerprint density at radius 2 is 1.86 bits per heavy atom. The predicted molar refractivity (Wildman–Crippen MR) is 148 cm³/mol. The number of pyridine rings is 1. The number of fused-ring (bicyclic) bond motifs is 2. The first-order chi connectivity index (χ1) is 18.1.